The average molecular weight is 803 g/mol. The molecule has 0 saturated carbocycles. The van der Waals surface area contributed by atoms with Crippen molar-refractivity contribution in [3.8, 4) is 0 Å². The maximum absolute atomic E-state index is 12.8. The molecule has 0 amide bonds. The maximum Gasteiger partial charge on any atom is 0.306 e. The van der Waals surface area contributed by atoms with Crippen LogP contribution in [-0.2, 0) is 38.7 Å². The Bertz CT molecular complexity index is 1170. The van der Waals surface area contributed by atoms with Crippen molar-refractivity contribution in [3.63, 3.8) is 0 Å². The van der Waals surface area contributed by atoms with Crippen LogP contribution in [0.1, 0.15) is 162 Å². The second kappa shape index (κ2) is 32.9. The molecule has 320 valence electrons. The number of esters is 2. The zero-order chi connectivity index (χ0) is 40.6. The second-order valence-corrected chi connectivity index (χ2v) is 16.1. The summed E-state index contributed by atoms with van der Waals surface area (Å²) in [6.07, 6.45) is 26.2. The van der Waals surface area contributed by atoms with E-state index in [-0.39, 0.29) is 19.4 Å². The Morgan fingerprint density at radius 2 is 1.11 bits per heavy atom. The van der Waals surface area contributed by atoms with E-state index in [1.54, 1.807) is 0 Å². The fourth-order valence-corrected chi connectivity index (χ4v) is 6.79. The Kier molecular flexibility index (Phi) is 30.4. The van der Waals surface area contributed by atoms with Crippen LogP contribution in [-0.4, -0.2) is 96.0 Å². The summed E-state index contributed by atoms with van der Waals surface area (Å²) >= 11 is 0. The fraction of sp³-hybridized carbons (Fsp3) is 0.810. The number of allylic oxidation sites excluding steroid dienone is 6. The first kappa shape index (κ1) is 50.9. The summed E-state index contributed by atoms with van der Waals surface area (Å²) < 4.78 is 53.9. The predicted octanol–water partition coefficient (Wildman–Crippen LogP) is 7.83. The molecule has 1 aliphatic rings. The number of rotatable bonds is 34. The molecular formula is C42H74O12S. The van der Waals surface area contributed by atoms with Crippen LogP contribution in [0, 0.1) is 0 Å². The minimum atomic E-state index is -4.60. The van der Waals surface area contributed by atoms with Crippen molar-refractivity contribution in [1.29, 1.82) is 0 Å². The van der Waals surface area contributed by atoms with E-state index in [2.05, 4.69) is 50.3 Å². The summed E-state index contributed by atoms with van der Waals surface area (Å²) in [6.45, 7) is 3.66. The molecule has 0 radical (unpaired) electrons. The summed E-state index contributed by atoms with van der Waals surface area (Å²) in [5, 5.41) is 30.8. The molecule has 0 aromatic heterocycles. The van der Waals surface area contributed by atoms with E-state index in [1.165, 1.54) is 38.5 Å². The highest BCUT2D eigenvalue weighted by atomic mass is 32.2. The summed E-state index contributed by atoms with van der Waals surface area (Å²) in [7, 11) is -4.60. The number of aliphatic hydroxyl groups is 3. The van der Waals surface area contributed by atoms with Crippen LogP contribution < -0.4 is 0 Å². The van der Waals surface area contributed by atoms with Crippen LogP contribution in [0.2, 0.25) is 0 Å². The molecule has 6 atom stereocenters. The third-order valence-corrected chi connectivity index (χ3v) is 10.2. The molecule has 0 spiro atoms. The lowest BCUT2D eigenvalue weighted by Gasteiger charge is -2.40. The Hall–Kier alpha value is -2.13. The van der Waals surface area contributed by atoms with Crippen LogP contribution in [0.5, 0.6) is 0 Å². The first-order valence-electron chi connectivity index (χ1n) is 21.0. The third-order valence-electron chi connectivity index (χ3n) is 9.44. The van der Waals surface area contributed by atoms with Gasteiger partial charge in [0.15, 0.2) is 12.4 Å². The van der Waals surface area contributed by atoms with E-state index in [0.29, 0.717) is 12.8 Å². The summed E-state index contributed by atoms with van der Waals surface area (Å²) in [5.74, 6) is -2.01. The Morgan fingerprint density at radius 3 is 1.67 bits per heavy atom. The molecule has 55 heavy (non-hydrogen) atoms. The predicted molar refractivity (Wildman–Crippen MR) is 215 cm³/mol. The lowest BCUT2D eigenvalue weighted by atomic mass is 10.00. The van der Waals surface area contributed by atoms with Crippen molar-refractivity contribution in [1.82, 2.24) is 0 Å². The van der Waals surface area contributed by atoms with Gasteiger partial charge in [0.2, 0.25) is 0 Å². The first-order valence-corrected chi connectivity index (χ1v) is 22.7. The zero-order valence-electron chi connectivity index (χ0n) is 33.8. The van der Waals surface area contributed by atoms with Gasteiger partial charge in [-0.1, -0.05) is 121 Å². The monoisotopic (exact) mass is 802 g/mol. The molecule has 12 nitrogen and oxygen atoms in total. The highest BCUT2D eigenvalue weighted by molar-refractivity contribution is 7.85. The molecule has 0 aliphatic carbocycles. The number of carbonyl (C=O) groups excluding carboxylic acids is 2. The summed E-state index contributed by atoms with van der Waals surface area (Å²) in [5.41, 5.74) is 0. The minimum absolute atomic E-state index is 0.146. The molecule has 1 heterocycles. The van der Waals surface area contributed by atoms with E-state index < -0.39 is 71.2 Å². The van der Waals surface area contributed by atoms with E-state index in [4.69, 9.17) is 18.9 Å². The topological polar surface area (TPSA) is 186 Å². The molecule has 1 rings (SSSR count). The van der Waals surface area contributed by atoms with E-state index >= 15 is 0 Å². The van der Waals surface area contributed by atoms with Crippen LogP contribution in [0.15, 0.2) is 36.5 Å². The third kappa shape index (κ3) is 28.0. The molecule has 1 saturated heterocycles. The number of hydrogen-bond donors (Lipinski definition) is 4. The Labute approximate surface area is 331 Å². The molecule has 0 aromatic rings. The van der Waals surface area contributed by atoms with Crippen molar-refractivity contribution in [2.24, 2.45) is 0 Å². The Morgan fingerprint density at radius 1 is 0.618 bits per heavy atom. The van der Waals surface area contributed by atoms with Gasteiger partial charge in [-0.2, -0.15) is 8.42 Å². The van der Waals surface area contributed by atoms with Crippen LogP contribution in [0.25, 0.3) is 0 Å². The molecule has 4 N–H and O–H groups in total. The number of aliphatic hydroxyl groups excluding tert-OH is 3. The van der Waals surface area contributed by atoms with Crippen LogP contribution >= 0.6 is 0 Å². The lowest BCUT2D eigenvalue weighted by Crippen LogP contribution is -2.60. The molecule has 1 aliphatic heterocycles. The largest absolute Gasteiger partial charge is 0.462 e. The summed E-state index contributed by atoms with van der Waals surface area (Å²) in [4.78, 5) is 25.3. The van der Waals surface area contributed by atoms with E-state index in [1.807, 2.05) is 0 Å². The Balaban J connectivity index is 2.51. The minimum Gasteiger partial charge on any atom is -0.462 e. The number of carbonyl (C=O) groups is 2. The van der Waals surface area contributed by atoms with Gasteiger partial charge in [-0.05, 0) is 64.2 Å². The van der Waals surface area contributed by atoms with Crippen molar-refractivity contribution < 1.29 is 56.8 Å². The molecule has 0 bridgehead atoms. The van der Waals surface area contributed by atoms with Crippen molar-refractivity contribution in [2.75, 3.05) is 19.0 Å². The SMILES string of the molecule is CCCC/C=C\C/C=C\CCCCCCCC(=O)OC(COC(=O)CCCCCCC/C=C\CCCCCC)COC1OC(CS(=O)(=O)O)C(O)C(O)C1O. The van der Waals surface area contributed by atoms with Crippen molar-refractivity contribution >= 4 is 22.1 Å². The summed E-state index contributed by atoms with van der Waals surface area (Å²) in [6, 6.07) is 0. The van der Waals surface area contributed by atoms with Gasteiger partial charge in [0.05, 0.1) is 6.61 Å². The fourth-order valence-electron chi connectivity index (χ4n) is 6.10. The van der Waals surface area contributed by atoms with Crippen LogP contribution in [0.4, 0.5) is 0 Å². The van der Waals surface area contributed by atoms with E-state index in [0.717, 1.165) is 83.5 Å². The number of hydrogen-bond acceptors (Lipinski definition) is 11. The first-order chi connectivity index (χ1) is 26.5. The highest BCUT2D eigenvalue weighted by Crippen LogP contribution is 2.24. The average Bonchev–Trinajstić information content (AvgIpc) is 3.14. The smallest absolute Gasteiger partial charge is 0.306 e. The van der Waals surface area contributed by atoms with Crippen LogP contribution in [0.3, 0.4) is 0 Å². The van der Waals surface area contributed by atoms with E-state index in [9.17, 15) is 37.9 Å². The van der Waals surface area contributed by atoms with Gasteiger partial charge in [0.1, 0.15) is 36.8 Å². The maximum atomic E-state index is 12.8. The van der Waals surface area contributed by atoms with Gasteiger partial charge in [-0.15, -0.1) is 0 Å². The van der Waals surface area contributed by atoms with Gasteiger partial charge >= 0.3 is 11.9 Å². The van der Waals surface area contributed by atoms with Gasteiger partial charge in [0, 0.05) is 12.8 Å². The van der Waals surface area contributed by atoms with Gasteiger partial charge in [-0.25, -0.2) is 0 Å². The van der Waals surface area contributed by atoms with Gasteiger partial charge in [-0.3, -0.25) is 14.1 Å². The molecule has 13 heteroatoms. The molecule has 1 fully saturated rings. The highest BCUT2D eigenvalue weighted by Gasteiger charge is 2.46. The second-order valence-electron chi connectivity index (χ2n) is 14.6. The standard InChI is InChI=1S/C42H74O12S/c1-3-5-7-9-11-13-15-17-19-21-23-25-27-29-31-38(44)53-35(33-52-42-41(47)40(46)39(45)36(54-42)34-55(48,49)50)32-51-37(43)30-28-26-24-22-20-18-16-14-12-10-8-6-4-2/h9,11,14-17,35-36,39-42,45-47H,3-8,10,12-13,18-34H2,1-2H3,(H,48,49,50)/b11-9-,16-14-,17-15-. The lowest BCUT2D eigenvalue weighted by molar-refractivity contribution is -0.297. The van der Waals surface area contributed by atoms with Gasteiger partial charge < -0.3 is 34.3 Å². The van der Waals surface area contributed by atoms with Crippen molar-refractivity contribution in [3.05, 3.63) is 36.5 Å². The molecule has 0 aromatic carbocycles. The van der Waals surface area contributed by atoms with Gasteiger partial charge in [0.25, 0.3) is 10.1 Å². The number of ether oxygens (including phenoxy) is 4. The van der Waals surface area contributed by atoms with Crippen molar-refractivity contribution in [2.45, 2.75) is 198 Å². The molecular weight excluding hydrogens is 729 g/mol. The molecule has 6 unspecified atom stereocenters. The quantitative estimate of drug-likeness (QED) is 0.0214. The number of unbranched alkanes of at least 4 members (excludes halogenated alkanes) is 16. The zero-order valence-corrected chi connectivity index (χ0v) is 34.6. The normalized spacial score (nSPS) is 21.2.